The number of carbonyl (C=O) groups excluding carboxylic acids is 1. The van der Waals surface area contributed by atoms with Crippen molar-refractivity contribution in [2.75, 3.05) is 17.3 Å². The molecule has 0 bridgehead atoms. The van der Waals surface area contributed by atoms with Crippen LogP contribution in [0.2, 0.25) is 5.02 Å². The number of halogens is 2. The fourth-order valence-corrected chi connectivity index (χ4v) is 3.31. The molecule has 156 valence electrons. The summed E-state index contributed by atoms with van der Waals surface area (Å²) in [7, 11) is 1.55. The highest BCUT2D eigenvalue weighted by atomic mass is 35.5. The normalized spacial score (nSPS) is 10.8. The molecule has 0 radical (unpaired) electrons. The van der Waals surface area contributed by atoms with Crippen molar-refractivity contribution in [3.05, 3.63) is 83.4 Å². The number of pyridine rings is 1. The third kappa shape index (κ3) is 4.06. The molecule has 0 spiro atoms. The maximum atomic E-state index is 14.7. The number of amides is 2. The minimum atomic E-state index is -1.16. The van der Waals surface area contributed by atoms with E-state index in [1.54, 1.807) is 66.2 Å². The highest BCUT2D eigenvalue weighted by molar-refractivity contribution is 6.30. The Kier molecular flexibility index (Phi) is 5.31. The van der Waals surface area contributed by atoms with E-state index in [-0.39, 0.29) is 5.56 Å². The van der Waals surface area contributed by atoms with Crippen LogP contribution in [-0.4, -0.2) is 33.5 Å². The van der Waals surface area contributed by atoms with Crippen LogP contribution >= 0.6 is 11.6 Å². The van der Waals surface area contributed by atoms with Crippen molar-refractivity contribution in [2.45, 2.75) is 0 Å². The van der Waals surface area contributed by atoms with E-state index in [1.165, 1.54) is 17.2 Å². The summed E-state index contributed by atoms with van der Waals surface area (Å²) in [5, 5.41) is 11.6. The molecule has 7 nitrogen and oxygen atoms in total. The van der Waals surface area contributed by atoms with Gasteiger partial charge in [0, 0.05) is 41.3 Å². The molecule has 0 fully saturated rings. The summed E-state index contributed by atoms with van der Waals surface area (Å²) >= 11 is 5.89. The lowest BCUT2D eigenvalue weighted by molar-refractivity contribution is 0.0988. The first-order chi connectivity index (χ1) is 14.8. The van der Waals surface area contributed by atoms with Crippen LogP contribution in [0.5, 0.6) is 0 Å². The maximum absolute atomic E-state index is 14.7. The van der Waals surface area contributed by atoms with Gasteiger partial charge in [-0.05, 0) is 36.4 Å². The van der Waals surface area contributed by atoms with Gasteiger partial charge < -0.3 is 10.0 Å². The summed E-state index contributed by atoms with van der Waals surface area (Å²) in [6.45, 7) is 0. The molecule has 2 aromatic heterocycles. The molecule has 9 heteroatoms. The van der Waals surface area contributed by atoms with Gasteiger partial charge in [-0.2, -0.15) is 0 Å². The van der Waals surface area contributed by atoms with Gasteiger partial charge in [-0.3, -0.25) is 14.5 Å². The Morgan fingerprint density at radius 3 is 2.45 bits per heavy atom. The third-order valence-corrected chi connectivity index (χ3v) is 5.03. The summed E-state index contributed by atoms with van der Waals surface area (Å²) < 4.78 is 16.3. The second-order valence-corrected chi connectivity index (χ2v) is 7.19. The summed E-state index contributed by atoms with van der Waals surface area (Å²) in [5.74, 6) is -1.21. The van der Waals surface area contributed by atoms with Crippen molar-refractivity contribution in [3.8, 4) is 11.3 Å². The quantitative estimate of drug-likeness (QED) is 0.460. The van der Waals surface area contributed by atoms with Crippen LogP contribution in [0.25, 0.3) is 16.9 Å². The number of carboxylic acid groups (broad SMARTS) is 1. The number of nitrogens with one attached hydrogen (secondary N) is 1. The molecule has 0 saturated heterocycles. The molecule has 2 aromatic carbocycles. The fraction of sp³-hybridized carbons (Fsp3) is 0.0455. The van der Waals surface area contributed by atoms with Crippen LogP contribution in [0, 0.1) is 5.82 Å². The maximum Gasteiger partial charge on any atom is 0.409 e. The van der Waals surface area contributed by atoms with E-state index >= 15 is 0 Å². The van der Waals surface area contributed by atoms with Gasteiger partial charge in [0.1, 0.15) is 11.5 Å². The number of nitrogens with zero attached hydrogens (tertiary/aromatic N) is 3. The van der Waals surface area contributed by atoms with Crippen LogP contribution in [0.4, 0.5) is 20.6 Å². The number of anilines is 2. The summed E-state index contributed by atoms with van der Waals surface area (Å²) in [4.78, 5) is 29.3. The Balaban J connectivity index is 1.71. The molecule has 2 N–H and O–H groups in total. The Morgan fingerprint density at radius 2 is 1.81 bits per heavy atom. The molecular weight excluding hydrogens is 423 g/mol. The number of imidazole rings is 1. The lowest BCUT2D eigenvalue weighted by atomic mass is 10.1. The van der Waals surface area contributed by atoms with Crippen molar-refractivity contribution in [2.24, 2.45) is 0 Å². The molecule has 0 saturated carbocycles. The minimum absolute atomic E-state index is 0.117. The van der Waals surface area contributed by atoms with Crippen LogP contribution in [0.1, 0.15) is 10.4 Å². The van der Waals surface area contributed by atoms with Gasteiger partial charge in [0.15, 0.2) is 0 Å². The zero-order valence-corrected chi connectivity index (χ0v) is 17.0. The molecule has 0 aliphatic carbocycles. The summed E-state index contributed by atoms with van der Waals surface area (Å²) in [6.07, 6.45) is 1.81. The molecular formula is C22H16ClFN4O3. The van der Waals surface area contributed by atoms with Crippen molar-refractivity contribution in [1.82, 2.24) is 9.38 Å². The Bertz CT molecular complexity index is 1290. The van der Waals surface area contributed by atoms with Crippen LogP contribution < -0.4 is 10.2 Å². The summed E-state index contributed by atoms with van der Waals surface area (Å²) in [6, 6.07) is 14.5. The van der Waals surface area contributed by atoms with E-state index in [0.29, 0.717) is 27.7 Å². The number of carbonyl (C=O) groups is 2. The van der Waals surface area contributed by atoms with E-state index in [2.05, 4.69) is 10.3 Å². The van der Waals surface area contributed by atoms with Crippen molar-refractivity contribution in [3.63, 3.8) is 0 Å². The third-order valence-electron chi connectivity index (χ3n) is 4.78. The molecule has 0 aliphatic heterocycles. The highest BCUT2D eigenvalue weighted by Crippen LogP contribution is 2.25. The second kappa shape index (κ2) is 8.08. The lowest BCUT2D eigenvalue weighted by Crippen LogP contribution is -2.27. The number of fused-ring (bicyclic) bond motifs is 1. The van der Waals surface area contributed by atoms with Gasteiger partial charge in [0.25, 0.3) is 5.91 Å². The Labute approximate surface area is 181 Å². The molecule has 0 unspecified atom stereocenters. The molecule has 2 amide bonds. The van der Waals surface area contributed by atoms with E-state index in [4.69, 9.17) is 16.7 Å². The second-order valence-electron chi connectivity index (χ2n) is 6.75. The SMILES string of the molecule is CN(C(=O)c1cn2c(-c3ccc(NC(=O)O)cc3)cnc2cc1F)c1ccc(Cl)cc1. The molecule has 0 atom stereocenters. The van der Waals surface area contributed by atoms with Gasteiger partial charge >= 0.3 is 6.09 Å². The molecule has 31 heavy (non-hydrogen) atoms. The van der Waals surface area contributed by atoms with Crippen LogP contribution in [0.3, 0.4) is 0 Å². The number of benzene rings is 2. The first-order valence-electron chi connectivity index (χ1n) is 9.14. The zero-order valence-electron chi connectivity index (χ0n) is 16.2. The predicted octanol–water partition coefficient (Wildman–Crippen LogP) is 5.16. The molecule has 0 aliphatic rings. The average Bonchev–Trinajstić information content (AvgIpc) is 3.15. The van der Waals surface area contributed by atoms with Crippen LogP contribution in [-0.2, 0) is 0 Å². The van der Waals surface area contributed by atoms with Crippen molar-refractivity contribution < 1.29 is 19.1 Å². The number of rotatable bonds is 4. The molecule has 2 heterocycles. The lowest BCUT2D eigenvalue weighted by Gasteiger charge is -2.18. The first-order valence-corrected chi connectivity index (χ1v) is 9.52. The predicted molar refractivity (Wildman–Crippen MR) is 116 cm³/mol. The minimum Gasteiger partial charge on any atom is -0.465 e. The van der Waals surface area contributed by atoms with Gasteiger partial charge in [-0.15, -0.1) is 0 Å². The average molecular weight is 439 g/mol. The van der Waals surface area contributed by atoms with Gasteiger partial charge in [0.2, 0.25) is 0 Å². The van der Waals surface area contributed by atoms with E-state index in [9.17, 15) is 14.0 Å². The van der Waals surface area contributed by atoms with Gasteiger partial charge in [-0.25, -0.2) is 14.2 Å². The number of hydrogen-bond donors (Lipinski definition) is 2. The zero-order chi connectivity index (χ0) is 22.1. The summed E-state index contributed by atoms with van der Waals surface area (Å²) in [5.41, 5.74) is 2.55. The Hall–Kier alpha value is -3.91. The van der Waals surface area contributed by atoms with E-state index in [1.807, 2.05) is 0 Å². The van der Waals surface area contributed by atoms with Crippen LogP contribution in [0.15, 0.2) is 67.0 Å². The molecule has 4 aromatic rings. The Morgan fingerprint density at radius 1 is 1.13 bits per heavy atom. The topological polar surface area (TPSA) is 86.9 Å². The standard InChI is InChI=1S/C22H16ClFN4O3/c1-27(16-8-4-14(23)5-9-16)21(29)17-12-28-19(11-25-20(28)10-18(17)24)13-2-6-15(7-3-13)26-22(30)31/h2-12,26H,1H3,(H,30,31). The van der Waals surface area contributed by atoms with Gasteiger partial charge in [-0.1, -0.05) is 23.7 Å². The number of hydrogen-bond acceptors (Lipinski definition) is 3. The van der Waals surface area contributed by atoms with Crippen molar-refractivity contribution in [1.29, 1.82) is 0 Å². The fourth-order valence-electron chi connectivity index (χ4n) is 3.18. The van der Waals surface area contributed by atoms with E-state index in [0.717, 1.165) is 5.56 Å². The smallest absolute Gasteiger partial charge is 0.409 e. The largest absolute Gasteiger partial charge is 0.465 e. The molecule has 4 rings (SSSR count). The number of aromatic nitrogens is 2. The van der Waals surface area contributed by atoms with E-state index < -0.39 is 17.8 Å². The van der Waals surface area contributed by atoms with Gasteiger partial charge in [0.05, 0.1) is 17.5 Å². The monoisotopic (exact) mass is 438 g/mol. The highest BCUT2D eigenvalue weighted by Gasteiger charge is 2.20. The van der Waals surface area contributed by atoms with Crippen molar-refractivity contribution >= 4 is 40.6 Å². The first kappa shape index (κ1) is 20.4.